The van der Waals surface area contributed by atoms with Crippen molar-refractivity contribution in [1.29, 1.82) is 0 Å². The van der Waals surface area contributed by atoms with E-state index >= 15 is 0 Å². The molecule has 2 aromatic carbocycles. The molecule has 0 aromatic heterocycles. The van der Waals surface area contributed by atoms with Crippen molar-refractivity contribution in [1.82, 2.24) is 4.31 Å². The molecule has 1 aliphatic rings. The number of morpholine rings is 1. The first kappa shape index (κ1) is 21.0. The van der Waals surface area contributed by atoms with E-state index in [2.05, 4.69) is 0 Å². The third kappa shape index (κ3) is 5.00. The molecular formula is C20H22N2O6S. The molecule has 8 nitrogen and oxygen atoms in total. The summed E-state index contributed by atoms with van der Waals surface area (Å²) in [5.41, 5.74) is 0.738. The largest absolute Gasteiger partial charge is 0.452 e. The molecule has 154 valence electrons. The molecule has 0 bridgehead atoms. The molecule has 0 atom stereocenters. The Labute approximate surface area is 169 Å². The van der Waals surface area contributed by atoms with Gasteiger partial charge in [-0.3, -0.25) is 4.79 Å². The van der Waals surface area contributed by atoms with E-state index in [-0.39, 0.29) is 23.5 Å². The van der Waals surface area contributed by atoms with Crippen LogP contribution in [0, 0.1) is 0 Å². The highest BCUT2D eigenvalue weighted by Gasteiger charge is 2.27. The van der Waals surface area contributed by atoms with E-state index in [1.54, 1.807) is 31.3 Å². The Kier molecular flexibility index (Phi) is 6.63. The van der Waals surface area contributed by atoms with Gasteiger partial charge in [-0.1, -0.05) is 24.3 Å². The summed E-state index contributed by atoms with van der Waals surface area (Å²) >= 11 is 0. The van der Waals surface area contributed by atoms with Crippen LogP contribution in [0.4, 0.5) is 5.69 Å². The van der Waals surface area contributed by atoms with E-state index in [0.29, 0.717) is 18.9 Å². The van der Waals surface area contributed by atoms with Crippen LogP contribution in [0.2, 0.25) is 0 Å². The van der Waals surface area contributed by atoms with Crippen LogP contribution in [-0.4, -0.2) is 64.6 Å². The van der Waals surface area contributed by atoms with Gasteiger partial charge in [0, 0.05) is 25.8 Å². The maximum Gasteiger partial charge on any atom is 0.338 e. The Hall–Kier alpha value is -2.75. The zero-order valence-electron chi connectivity index (χ0n) is 16.0. The summed E-state index contributed by atoms with van der Waals surface area (Å²) in [7, 11) is -2.14. The first-order valence-corrected chi connectivity index (χ1v) is 10.5. The number of amides is 1. The second-order valence-electron chi connectivity index (χ2n) is 6.41. The maximum atomic E-state index is 12.7. The Morgan fingerprint density at radius 3 is 2.45 bits per heavy atom. The van der Waals surface area contributed by atoms with Crippen LogP contribution in [0.15, 0.2) is 59.5 Å². The van der Waals surface area contributed by atoms with Crippen molar-refractivity contribution in [2.45, 2.75) is 4.90 Å². The van der Waals surface area contributed by atoms with Gasteiger partial charge in [0.2, 0.25) is 10.0 Å². The van der Waals surface area contributed by atoms with Gasteiger partial charge in [-0.15, -0.1) is 0 Å². The highest BCUT2D eigenvalue weighted by molar-refractivity contribution is 7.89. The predicted octanol–water partition coefficient (Wildman–Crippen LogP) is 1.53. The number of rotatable bonds is 6. The predicted molar refractivity (Wildman–Crippen MR) is 106 cm³/mol. The van der Waals surface area contributed by atoms with E-state index in [0.717, 1.165) is 0 Å². The van der Waals surface area contributed by atoms with Crippen molar-refractivity contribution in [3.8, 4) is 0 Å². The third-order valence-electron chi connectivity index (χ3n) is 4.52. The number of ether oxygens (including phenoxy) is 2. The molecule has 29 heavy (non-hydrogen) atoms. The Morgan fingerprint density at radius 1 is 1.07 bits per heavy atom. The highest BCUT2D eigenvalue weighted by Crippen LogP contribution is 2.19. The first-order valence-electron chi connectivity index (χ1n) is 9.06. The Balaban J connectivity index is 1.66. The number of carbonyl (C=O) groups is 2. The lowest BCUT2D eigenvalue weighted by Crippen LogP contribution is -2.40. The number of para-hydroxylation sites is 1. The van der Waals surface area contributed by atoms with Gasteiger partial charge in [-0.05, 0) is 30.3 Å². The number of esters is 1. The van der Waals surface area contributed by atoms with Crippen molar-refractivity contribution < 1.29 is 27.5 Å². The normalized spacial score (nSPS) is 14.9. The Bertz CT molecular complexity index is 971. The highest BCUT2D eigenvalue weighted by atomic mass is 32.2. The van der Waals surface area contributed by atoms with Crippen molar-refractivity contribution >= 4 is 27.6 Å². The van der Waals surface area contributed by atoms with Crippen molar-refractivity contribution in [3.05, 3.63) is 60.2 Å². The number of anilines is 1. The smallest absolute Gasteiger partial charge is 0.338 e. The lowest BCUT2D eigenvalue weighted by Gasteiger charge is -2.26. The third-order valence-corrected chi connectivity index (χ3v) is 6.42. The summed E-state index contributed by atoms with van der Waals surface area (Å²) < 4.78 is 37.1. The molecule has 9 heteroatoms. The fourth-order valence-corrected chi connectivity index (χ4v) is 4.28. The van der Waals surface area contributed by atoms with Crippen LogP contribution < -0.4 is 4.90 Å². The van der Waals surface area contributed by atoms with Crippen LogP contribution in [0.3, 0.4) is 0 Å². The quantitative estimate of drug-likeness (QED) is 0.661. The van der Waals surface area contributed by atoms with Gasteiger partial charge in [0.15, 0.2) is 6.61 Å². The molecule has 1 fully saturated rings. The number of hydrogen-bond donors (Lipinski definition) is 0. The van der Waals surface area contributed by atoms with Crippen molar-refractivity contribution in [3.63, 3.8) is 0 Å². The molecule has 0 saturated carbocycles. The molecule has 0 N–H and O–H groups in total. The number of sulfonamides is 1. The summed E-state index contributed by atoms with van der Waals surface area (Å²) in [5.74, 6) is -1.17. The second-order valence-corrected chi connectivity index (χ2v) is 8.35. The minimum Gasteiger partial charge on any atom is -0.452 e. The van der Waals surface area contributed by atoms with E-state index in [1.807, 2.05) is 6.07 Å². The fourth-order valence-electron chi connectivity index (χ4n) is 2.82. The lowest BCUT2D eigenvalue weighted by atomic mass is 10.2. The number of nitrogens with zero attached hydrogens (tertiary/aromatic N) is 2. The van der Waals surface area contributed by atoms with Crippen LogP contribution >= 0.6 is 0 Å². The topological polar surface area (TPSA) is 93.2 Å². The first-order chi connectivity index (χ1) is 13.9. The lowest BCUT2D eigenvalue weighted by molar-refractivity contribution is -0.121. The van der Waals surface area contributed by atoms with Gasteiger partial charge in [0.1, 0.15) is 0 Å². The summed E-state index contributed by atoms with van der Waals surface area (Å²) in [6.07, 6.45) is 0. The molecule has 1 aliphatic heterocycles. The van der Waals surface area contributed by atoms with Crippen LogP contribution in [0.5, 0.6) is 0 Å². The summed E-state index contributed by atoms with van der Waals surface area (Å²) in [4.78, 5) is 26.0. The summed E-state index contributed by atoms with van der Waals surface area (Å²) in [5, 5.41) is 0. The van der Waals surface area contributed by atoms with E-state index in [4.69, 9.17) is 9.47 Å². The van der Waals surface area contributed by atoms with Crippen molar-refractivity contribution in [2.24, 2.45) is 0 Å². The molecule has 0 spiro atoms. The average Bonchev–Trinajstić information content (AvgIpc) is 2.78. The van der Waals surface area contributed by atoms with Gasteiger partial charge in [-0.2, -0.15) is 4.31 Å². The summed E-state index contributed by atoms with van der Waals surface area (Å²) in [6.45, 7) is 0.731. The van der Waals surface area contributed by atoms with Gasteiger partial charge in [0.25, 0.3) is 5.91 Å². The molecule has 0 unspecified atom stereocenters. The van der Waals surface area contributed by atoms with E-state index in [9.17, 15) is 18.0 Å². The maximum absolute atomic E-state index is 12.7. The van der Waals surface area contributed by atoms with Gasteiger partial charge in [0.05, 0.1) is 23.7 Å². The molecule has 1 heterocycles. The molecule has 3 rings (SSSR count). The van der Waals surface area contributed by atoms with Gasteiger partial charge in [-0.25, -0.2) is 13.2 Å². The minimum absolute atomic E-state index is 0.00146. The number of benzene rings is 2. The number of hydrogen-bond acceptors (Lipinski definition) is 6. The average molecular weight is 418 g/mol. The van der Waals surface area contributed by atoms with Gasteiger partial charge < -0.3 is 14.4 Å². The number of likely N-dealkylation sites (N-methyl/N-ethyl adjacent to an activating group) is 1. The van der Waals surface area contributed by atoms with Crippen LogP contribution in [0.25, 0.3) is 0 Å². The van der Waals surface area contributed by atoms with Crippen LogP contribution in [-0.2, 0) is 24.3 Å². The van der Waals surface area contributed by atoms with Gasteiger partial charge >= 0.3 is 5.97 Å². The monoisotopic (exact) mass is 418 g/mol. The molecular weight excluding hydrogens is 396 g/mol. The van der Waals surface area contributed by atoms with E-state index in [1.165, 1.54) is 33.5 Å². The SMILES string of the molecule is CN(C(=O)COC(=O)c1cccc(S(=O)(=O)N2CCOCC2)c1)c1ccccc1. The zero-order chi connectivity index (χ0) is 20.9. The summed E-state index contributed by atoms with van der Waals surface area (Å²) in [6, 6.07) is 14.6. The standard InChI is InChI=1S/C20H22N2O6S/c1-21(17-7-3-2-4-8-17)19(23)15-28-20(24)16-6-5-9-18(14-16)29(25,26)22-10-12-27-13-11-22/h2-9,14H,10-13,15H2,1H3. The molecule has 0 aliphatic carbocycles. The Morgan fingerprint density at radius 2 is 1.76 bits per heavy atom. The second kappa shape index (κ2) is 9.17. The molecule has 2 aromatic rings. The minimum atomic E-state index is -3.73. The molecule has 0 radical (unpaired) electrons. The fraction of sp³-hybridized carbons (Fsp3) is 0.300. The van der Waals surface area contributed by atoms with Crippen molar-refractivity contribution in [2.75, 3.05) is 44.9 Å². The zero-order valence-corrected chi connectivity index (χ0v) is 16.8. The van der Waals surface area contributed by atoms with Crippen LogP contribution in [0.1, 0.15) is 10.4 Å². The number of carbonyl (C=O) groups excluding carboxylic acids is 2. The molecule has 1 amide bonds. The van der Waals surface area contributed by atoms with E-state index < -0.39 is 28.5 Å². The molecule has 1 saturated heterocycles.